The molecule has 1 saturated carbocycles. The molecule has 2 N–H and O–H groups in total. The van der Waals surface area contributed by atoms with E-state index in [-0.39, 0.29) is 17.7 Å². The third kappa shape index (κ3) is 3.28. The van der Waals surface area contributed by atoms with Crippen LogP contribution in [0.5, 0.6) is 0 Å². The molecule has 96 valence electrons. The van der Waals surface area contributed by atoms with Gasteiger partial charge in [-0.2, -0.15) is 0 Å². The fraction of sp³-hybridized carbons (Fsp3) is 0.846. The Hall–Kier alpha value is -0.900. The van der Waals surface area contributed by atoms with Crippen LogP contribution in [0.25, 0.3) is 0 Å². The van der Waals surface area contributed by atoms with Crippen LogP contribution < -0.4 is 5.73 Å². The standard InChI is InChI=1S/C13H22N2O2/c14-13(17)11-4-2-7-15(9-11)8-6-10-3-1-5-12(10)16/h10-11H,1-9H2,(H2,14,17). The summed E-state index contributed by atoms with van der Waals surface area (Å²) in [6, 6.07) is 0. The SMILES string of the molecule is NC(=O)C1CCCN(CCC2CCCC2=O)C1. The summed E-state index contributed by atoms with van der Waals surface area (Å²) in [6.07, 6.45) is 5.83. The molecule has 1 saturated heterocycles. The van der Waals surface area contributed by atoms with E-state index in [4.69, 9.17) is 5.73 Å². The van der Waals surface area contributed by atoms with Crippen LogP contribution in [-0.2, 0) is 9.59 Å². The molecule has 0 aromatic carbocycles. The normalized spacial score (nSPS) is 30.7. The highest BCUT2D eigenvalue weighted by molar-refractivity contribution is 5.82. The Bertz CT molecular complexity index is 304. The van der Waals surface area contributed by atoms with Gasteiger partial charge in [0.1, 0.15) is 5.78 Å². The van der Waals surface area contributed by atoms with Crippen molar-refractivity contribution in [2.45, 2.75) is 38.5 Å². The summed E-state index contributed by atoms with van der Waals surface area (Å²) in [5, 5.41) is 0. The Morgan fingerprint density at radius 1 is 1.35 bits per heavy atom. The Labute approximate surface area is 103 Å². The average molecular weight is 238 g/mol. The number of primary amides is 1. The van der Waals surface area contributed by atoms with Gasteiger partial charge in [0.15, 0.2) is 0 Å². The van der Waals surface area contributed by atoms with Crippen molar-refractivity contribution in [3.05, 3.63) is 0 Å². The van der Waals surface area contributed by atoms with Gasteiger partial charge in [0, 0.05) is 18.9 Å². The highest BCUT2D eigenvalue weighted by Crippen LogP contribution is 2.25. The van der Waals surface area contributed by atoms with Crippen molar-refractivity contribution in [1.82, 2.24) is 4.90 Å². The van der Waals surface area contributed by atoms with Crippen LogP contribution >= 0.6 is 0 Å². The molecule has 2 fully saturated rings. The van der Waals surface area contributed by atoms with Gasteiger partial charge in [-0.1, -0.05) is 0 Å². The van der Waals surface area contributed by atoms with Crippen LogP contribution in [0.2, 0.25) is 0 Å². The minimum atomic E-state index is -0.174. The smallest absolute Gasteiger partial charge is 0.221 e. The van der Waals surface area contributed by atoms with Gasteiger partial charge in [-0.05, 0) is 45.2 Å². The van der Waals surface area contributed by atoms with Gasteiger partial charge in [0.2, 0.25) is 5.91 Å². The van der Waals surface area contributed by atoms with Gasteiger partial charge < -0.3 is 10.6 Å². The average Bonchev–Trinajstić information content (AvgIpc) is 2.72. The highest BCUT2D eigenvalue weighted by atomic mass is 16.1. The van der Waals surface area contributed by atoms with Crippen molar-refractivity contribution in [3.63, 3.8) is 0 Å². The summed E-state index contributed by atoms with van der Waals surface area (Å²) in [4.78, 5) is 25.0. The van der Waals surface area contributed by atoms with Gasteiger partial charge in [-0.25, -0.2) is 0 Å². The first-order valence-electron chi connectivity index (χ1n) is 6.71. The third-order valence-electron chi connectivity index (χ3n) is 4.13. The zero-order chi connectivity index (χ0) is 12.3. The summed E-state index contributed by atoms with van der Waals surface area (Å²) in [6.45, 7) is 2.78. The summed E-state index contributed by atoms with van der Waals surface area (Å²) in [5.74, 6) is 0.562. The Morgan fingerprint density at radius 3 is 2.82 bits per heavy atom. The lowest BCUT2D eigenvalue weighted by Crippen LogP contribution is -2.41. The van der Waals surface area contributed by atoms with Gasteiger partial charge in [-0.15, -0.1) is 0 Å². The lowest BCUT2D eigenvalue weighted by atomic mass is 9.96. The van der Waals surface area contributed by atoms with Gasteiger partial charge in [0.05, 0.1) is 5.92 Å². The summed E-state index contributed by atoms with van der Waals surface area (Å²) >= 11 is 0. The predicted molar refractivity (Wildman–Crippen MR) is 65.3 cm³/mol. The molecule has 1 amide bonds. The summed E-state index contributed by atoms with van der Waals surface area (Å²) < 4.78 is 0. The minimum Gasteiger partial charge on any atom is -0.369 e. The van der Waals surface area contributed by atoms with E-state index in [1.165, 1.54) is 0 Å². The number of ketones is 1. The van der Waals surface area contributed by atoms with Crippen molar-refractivity contribution < 1.29 is 9.59 Å². The molecule has 2 atom stereocenters. The van der Waals surface area contributed by atoms with Crippen LogP contribution in [0.1, 0.15) is 38.5 Å². The molecule has 0 spiro atoms. The molecular formula is C13H22N2O2. The van der Waals surface area contributed by atoms with E-state index in [9.17, 15) is 9.59 Å². The number of nitrogens with two attached hydrogens (primary N) is 1. The van der Waals surface area contributed by atoms with Crippen molar-refractivity contribution in [3.8, 4) is 0 Å². The third-order valence-corrected chi connectivity index (χ3v) is 4.13. The molecule has 2 aliphatic rings. The quantitative estimate of drug-likeness (QED) is 0.793. The minimum absolute atomic E-state index is 0.0167. The van der Waals surface area contributed by atoms with Gasteiger partial charge in [0.25, 0.3) is 0 Å². The number of hydrogen-bond donors (Lipinski definition) is 1. The number of rotatable bonds is 4. The summed E-state index contributed by atoms with van der Waals surface area (Å²) in [5.41, 5.74) is 5.35. The fourth-order valence-electron chi connectivity index (χ4n) is 3.02. The molecule has 0 aromatic rings. The number of likely N-dealkylation sites (tertiary alicyclic amines) is 1. The van der Waals surface area contributed by atoms with E-state index < -0.39 is 0 Å². The fourth-order valence-corrected chi connectivity index (χ4v) is 3.02. The second-order valence-corrected chi connectivity index (χ2v) is 5.39. The Morgan fingerprint density at radius 2 is 2.18 bits per heavy atom. The topological polar surface area (TPSA) is 63.4 Å². The number of carbonyl (C=O) groups is 2. The zero-order valence-electron chi connectivity index (χ0n) is 10.4. The van der Waals surface area contributed by atoms with Crippen LogP contribution in [0.15, 0.2) is 0 Å². The van der Waals surface area contributed by atoms with Crippen LogP contribution in [0.3, 0.4) is 0 Å². The van der Waals surface area contributed by atoms with Crippen molar-refractivity contribution in [1.29, 1.82) is 0 Å². The predicted octanol–water partition coefficient (Wildman–Crippen LogP) is 0.943. The second-order valence-electron chi connectivity index (χ2n) is 5.39. The second kappa shape index (κ2) is 5.63. The molecule has 1 aliphatic heterocycles. The monoisotopic (exact) mass is 238 g/mol. The number of hydrogen-bond acceptors (Lipinski definition) is 3. The molecule has 1 heterocycles. The molecule has 0 aromatic heterocycles. The maximum absolute atomic E-state index is 11.5. The van der Waals surface area contributed by atoms with E-state index in [1.54, 1.807) is 0 Å². The van der Waals surface area contributed by atoms with E-state index >= 15 is 0 Å². The maximum atomic E-state index is 11.5. The summed E-state index contributed by atoms with van der Waals surface area (Å²) in [7, 11) is 0. The molecule has 17 heavy (non-hydrogen) atoms. The first-order valence-corrected chi connectivity index (χ1v) is 6.71. The first-order chi connectivity index (χ1) is 8.16. The molecule has 0 radical (unpaired) electrons. The van der Waals surface area contributed by atoms with Gasteiger partial charge >= 0.3 is 0 Å². The molecule has 1 aliphatic carbocycles. The van der Waals surface area contributed by atoms with E-state index in [1.807, 2.05) is 0 Å². The van der Waals surface area contributed by atoms with Crippen molar-refractivity contribution in [2.75, 3.05) is 19.6 Å². The molecule has 2 rings (SSSR count). The van der Waals surface area contributed by atoms with Crippen LogP contribution in [0, 0.1) is 11.8 Å². The van der Waals surface area contributed by atoms with Gasteiger partial charge in [-0.3, -0.25) is 9.59 Å². The van der Waals surface area contributed by atoms with E-state index in [0.717, 1.165) is 58.2 Å². The molecule has 0 bridgehead atoms. The molecule has 4 heteroatoms. The molecule has 2 unspecified atom stereocenters. The first kappa shape index (κ1) is 12.6. The number of carbonyl (C=O) groups excluding carboxylic acids is 2. The van der Waals surface area contributed by atoms with Crippen molar-refractivity contribution >= 4 is 11.7 Å². The Kier molecular flexibility index (Phi) is 4.15. The number of piperidine rings is 1. The van der Waals surface area contributed by atoms with E-state index in [2.05, 4.69) is 4.90 Å². The Balaban J connectivity index is 1.75. The molecular weight excluding hydrogens is 216 g/mol. The van der Waals surface area contributed by atoms with Crippen LogP contribution in [0.4, 0.5) is 0 Å². The zero-order valence-corrected chi connectivity index (χ0v) is 10.4. The number of Topliss-reactive ketones (excluding diaryl/α,β-unsaturated/α-hetero) is 1. The number of nitrogens with zero attached hydrogens (tertiary/aromatic N) is 1. The van der Waals surface area contributed by atoms with Crippen LogP contribution in [-0.4, -0.2) is 36.2 Å². The van der Waals surface area contributed by atoms with E-state index in [0.29, 0.717) is 5.78 Å². The largest absolute Gasteiger partial charge is 0.369 e. The maximum Gasteiger partial charge on any atom is 0.221 e. The molecule has 4 nitrogen and oxygen atoms in total. The number of amides is 1. The lowest BCUT2D eigenvalue weighted by Gasteiger charge is -2.31. The lowest BCUT2D eigenvalue weighted by molar-refractivity contribution is -0.124. The van der Waals surface area contributed by atoms with Crippen molar-refractivity contribution in [2.24, 2.45) is 17.6 Å². The highest BCUT2D eigenvalue weighted by Gasteiger charge is 2.27.